The molecule has 42 heavy (non-hydrogen) atoms. The third-order valence-corrected chi connectivity index (χ3v) is 7.85. The molecule has 1 fully saturated rings. The van der Waals surface area contributed by atoms with Gasteiger partial charge in [-0.15, -0.1) is 23.4 Å². The molecule has 12 nitrogen and oxygen atoms in total. The number of hydrogen-bond acceptors (Lipinski definition) is 9. The molecule has 0 spiro atoms. The van der Waals surface area contributed by atoms with Crippen LogP contribution in [0.25, 0.3) is 0 Å². The highest BCUT2D eigenvalue weighted by Crippen LogP contribution is 2.41. The fraction of sp³-hybridized carbons (Fsp3) is 0.357. The number of ether oxygens (including phenoxy) is 2. The maximum Gasteiger partial charge on any atom is 0.408 e. The molecule has 0 saturated carbocycles. The quantitative estimate of drug-likeness (QED) is 0.141. The predicted molar refractivity (Wildman–Crippen MR) is 154 cm³/mol. The van der Waals surface area contributed by atoms with Crippen molar-refractivity contribution in [1.29, 1.82) is 0 Å². The zero-order valence-electron chi connectivity index (χ0n) is 22.9. The highest BCUT2D eigenvalue weighted by molar-refractivity contribution is 8.03. The van der Waals surface area contributed by atoms with Crippen LogP contribution >= 0.6 is 23.4 Å². The Morgan fingerprint density at radius 1 is 1.12 bits per heavy atom. The first-order valence-electron chi connectivity index (χ1n) is 12.9. The summed E-state index contributed by atoms with van der Waals surface area (Å²) in [6, 6.07) is 10.7. The van der Waals surface area contributed by atoms with Crippen LogP contribution in [-0.2, 0) is 30.5 Å². The molecular formula is C28H29ClN4O8S. The molecular weight excluding hydrogens is 588 g/mol. The molecule has 2 aromatic carbocycles. The number of alkyl halides is 1. The van der Waals surface area contributed by atoms with Crippen LogP contribution in [0.1, 0.15) is 37.9 Å². The van der Waals surface area contributed by atoms with E-state index in [0.717, 1.165) is 0 Å². The maximum atomic E-state index is 13.4. The number of benzene rings is 2. The molecule has 2 aromatic rings. The van der Waals surface area contributed by atoms with Crippen LogP contribution in [0.3, 0.4) is 0 Å². The zero-order valence-corrected chi connectivity index (χ0v) is 24.5. The average Bonchev–Trinajstić information content (AvgIpc) is 2.96. The molecule has 0 bridgehead atoms. The molecule has 4 atom stereocenters. The number of halogens is 1. The molecule has 3 amide bonds. The first kappa shape index (κ1) is 30.8. The number of β-lactam (4-membered cyclic amide) rings is 1. The van der Waals surface area contributed by atoms with Crippen molar-refractivity contribution in [2.75, 3.05) is 5.88 Å². The highest BCUT2D eigenvalue weighted by Gasteiger charge is 2.56. The van der Waals surface area contributed by atoms with E-state index in [1.165, 1.54) is 40.9 Å². The Labute approximate surface area is 250 Å². The van der Waals surface area contributed by atoms with Crippen LogP contribution in [0, 0.1) is 10.1 Å². The Morgan fingerprint density at radius 2 is 1.79 bits per heavy atom. The summed E-state index contributed by atoms with van der Waals surface area (Å²) >= 11 is 7.31. The lowest BCUT2D eigenvalue weighted by atomic mass is 9.97. The van der Waals surface area contributed by atoms with Gasteiger partial charge in [0.2, 0.25) is 11.8 Å². The second-order valence-corrected chi connectivity index (χ2v) is 11.8. The number of carbonyl (C=O) groups is 4. The summed E-state index contributed by atoms with van der Waals surface area (Å²) < 4.78 is 10.8. The minimum absolute atomic E-state index is 0.0203. The molecule has 0 aromatic heterocycles. The van der Waals surface area contributed by atoms with E-state index >= 15 is 0 Å². The van der Waals surface area contributed by atoms with Crippen molar-refractivity contribution in [3.05, 3.63) is 86.8 Å². The number of nitrogens with one attached hydrogen (secondary N) is 2. The lowest BCUT2D eigenvalue weighted by molar-refractivity contribution is -0.384. The summed E-state index contributed by atoms with van der Waals surface area (Å²) in [4.78, 5) is 64.0. The molecule has 2 heterocycles. The number of nitro groups is 1. The lowest BCUT2D eigenvalue weighted by Crippen LogP contribution is -2.74. The van der Waals surface area contributed by atoms with E-state index in [4.69, 9.17) is 21.1 Å². The van der Waals surface area contributed by atoms with Crippen molar-refractivity contribution in [2.24, 2.45) is 0 Å². The van der Waals surface area contributed by atoms with Crippen molar-refractivity contribution in [2.45, 2.75) is 56.5 Å². The van der Waals surface area contributed by atoms with E-state index in [0.29, 0.717) is 16.7 Å². The van der Waals surface area contributed by atoms with Gasteiger partial charge in [0.05, 0.1) is 4.92 Å². The second kappa shape index (κ2) is 12.8. The monoisotopic (exact) mass is 616 g/mol. The van der Waals surface area contributed by atoms with E-state index in [-0.39, 0.29) is 18.2 Å². The molecule has 0 aliphatic carbocycles. The number of rotatable bonds is 9. The number of non-ortho nitro benzene ring substituents is 1. The fourth-order valence-electron chi connectivity index (χ4n) is 4.37. The third kappa shape index (κ3) is 7.02. The molecule has 3 unspecified atom stereocenters. The summed E-state index contributed by atoms with van der Waals surface area (Å²) in [6.07, 6.45) is -0.911. The van der Waals surface area contributed by atoms with Crippen LogP contribution < -0.4 is 10.6 Å². The van der Waals surface area contributed by atoms with E-state index in [1.54, 1.807) is 56.5 Å². The highest BCUT2D eigenvalue weighted by atomic mass is 35.5. The van der Waals surface area contributed by atoms with Gasteiger partial charge in [0, 0.05) is 18.0 Å². The van der Waals surface area contributed by atoms with Crippen molar-refractivity contribution in [3.8, 4) is 0 Å². The van der Waals surface area contributed by atoms with Gasteiger partial charge in [-0.1, -0.05) is 30.3 Å². The Balaban J connectivity index is 1.44. The number of nitro benzene ring substituents is 1. The summed E-state index contributed by atoms with van der Waals surface area (Å²) in [5.41, 5.74) is 0.589. The van der Waals surface area contributed by atoms with Crippen LogP contribution in [0.2, 0.25) is 0 Å². The largest absolute Gasteiger partial charge is 0.458 e. The molecule has 4 rings (SSSR count). The number of esters is 1. The van der Waals surface area contributed by atoms with Crippen molar-refractivity contribution >= 4 is 52.9 Å². The smallest absolute Gasteiger partial charge is 0.408 e. The summed E-state index contributed by atoms with van der Waals surface area (Å²) in [5.74, 6) is -1.74. The number of thioether (sulfide) groups is 1. The van der Waals surface area contributed by atoms with Crippen molar-refractivity contribution in [1.82, 2.24) is 15.5 Å². The van der Waals surface area contributed by atoms with Gasteiger partial charge in [0.25, 0.3) is 5.69 Å². The van der Waals surface area contributed by atoms with Crippen molar-refractivity contribution < 1.29 is 33.6 Å². The average molecular weight is 617 g/mol. The van der Waals surface area contributed by atoms with E-state index < -0.39 is 57.9 Å². The number of fused-ring (bicyclic) bond motifs is 1. The topological polar surface area (TPSA) is 157 Å². The summed E-state index contributed by atoms with van der Waals surface area (Å²) in [6.45, 7) is 4.97. The molecule has 0 radical (unpaired) electrons. The van der Waals surface area contributed by atoms with Crippen molar-refractivity contribution in [3.63, 3.8) is 0 Å². The minimum Gasteiger partial charge on any atom is -0.458 e. The van der Waals surface area contributed by atoms with Crippen LogP contribution in [0.4, 0.5) is 10.5 Å². The second-order valence-electron chi connectivity index (χ2n) is 10.5. The number of alkyl carbamates (subject to hydrolysis) is 1. The SMILES string of the molecule is CC(C)(C)OC(=O)C1C(CCl)=CS[C@@H]2C(NC(=O)C(NC(=O)OCc3ccc([N+](=O)[O-])cc3)c3ccccc3)C(=O)N12. The van der Waals surface area contributed by atoms with Crippen LogP contribution in [0.15, 0.2) is 65.6 Å². The van der Waals surface area contributed by atoms with Crippen LogP contribution in [-0.4, -0.2) is 62.6 Å². The molecule has 1 saturated heterocycles. The van der Waals surface area contributed by atoms with Gasteiger partial charge < -0.3 is 25.0 Å². The molecule has 14 heteroatoms. The lowest BCUT2D eigenvalue weighted by Gasteiger charge is -2.52. The van der Waals surface area contributed by atoms with Gasteiger partial charge >= 0.3 is 12.1 Å². The van der Waals surface area contributed by atoms with Gasteiger partial charge in [0.1, 0.15) is 29.7 Å². The zero-order chi connectivity index (χ0) is 30.6. The number of nitrogens with zero attached hydrogens (tertiary/aromatic N) is 2. The first-order valence-corrected chi connectivity index (χ1v) is 14.3. The Hall–Kier alpha value is -4.10. The number of amides is 3. The normalized spacial score (nSPS) is 20.3. The van der Waals surface area contributed by atoms with Gasteiger partial charge in [-0.3, -0.25) is 19.7 Å². The third-order valence-electron chi connectivity index (χ3n) is 6.32. The molecule has 2 aliphatic heterocycles. The number of hydrogen-bond donors (Lipinski definition) is 2. The Bertz CT molecular complexity index is 1400. The van der Waals surface area contributed by atoms with Gasteiger partial charge in [-0.2, -0.15) is 0 Å². The standard InChI is InChI=1S/C28H29ClN4O8S/c1-28(2,3)41-26(36)22-18(13-29)15-42-25-21(24(35)32(22)25)30-23(34)20(17-7-5-4-6-8-17)31-27(37)40-14-16-9-11-19(12-10-16)33(38)39/h4-12,15,20-22,25H,13-14H2,1-3H3,(H,30,34)(H,31,37)/t20?,21?,22?,25-/m1/s1. The van der Waals surface area contributed by atoms with Gasteiger partial charge in [0.15, 0.2) is 6.04 Å². The van der Waals surface area contributed by atoms with Gasteiger partial charge in [-0.25, -0.2) is 9.59 Å². The first-order chi connectivity index (χ1) is 19.9. The number of carbonyl (C=O) groups excluding carboxylic acids is 4. The van der Waals surface area contributed by atoms with E-state index in [2.05, 4.69) is 10.6 Å². The Morgan fingerprint density at radius 3 is 2.38 bits per heavy atom. The maximum absolute atomic E-state index is 13.4. The van der Waals surface area contributed by atoms with E-state index in [9.17, 15) is 29.3 Å². The summed E-state index contributed by atoms with van der Waals surface area (Å²) in [5, 5.41) is 17.2. The minimum atomic E-state index is -1.21. The van der Waals surface area contributed by atoms with E-state index in [1.807, 2.05) is 0 Å². The Kier molecular flexibility index (Phi) is 9.42. The van der Waals surface area contributed by atoms with Crippen LogP contribution in [0.5, 0.6) is 0 Å². The predicted octanol–water partition coefficient (Wildman–Crippen LogP) is 3.80. The molecule has 222 valence electrons. The molecule has 2 N–H and O–H groups in total. The fourth-order valence-corrected chi connectivity index (χ4v) is 5.91. The summed E-state index contributed by atoms with van der Waals surface area (Å²) in [7, 11) is 0. The molecule has 2 aliphatic rings. The van der Waals surface area contributed by atoms with Gasteiger partial charge in [-0.05, 0) is 55.0 Å².